The Balaban J connectivity index is 1.07. The molecule has 0 spiro atoms. The van der Waals surface area contributed by atoms with Crippen molar-refractivity contribution in [1.29, 1.82) is 0 Å². The molecule has 2 aromatic carbocycles. The van der Waals surface area contributed by atoms with Crippen molar-refractivity contribution >= 4 is 27.5 Å². The van der Waals surface area contributed by atoms with Crippen LogP contribution in [0.15, 0.2) is 54.9 Å². The maximum Gasteiger partial charge on any atom is 0.319 e. The van der Waals surface area contributed by atoms with Gasteiger partial charge in [0.05, 0.1) is 17.5 Å². The third-order valence-corrected chi connectivity index (χ3v) is 11.6. The van der Waals surface area contributed by atoms with Crippen LogP contribution in [0.2, 0.25) is 0 Å². The Kier molecular flexibility index (Phi) is 6.70. The molecule has 0 amide bonds. The molecule has 4 fully saturated rings. The van der Waals surface area contributed by atoms with Crippen LogP contribution in [-0.4, -0.2) is 80.4 Å². The van der Waals surface area contributed by atoms with Gasteiger partial charge in [-0.1, -0.05) is 24.1 Å². The van der Waals surface area contributed by atoms with E-state index in [0.29, 0.717) is 64.3 Å². The Morgan fingerprint density at radius 3 is 2.86 bits per heavy atom. The van der Waals surface area contributed by atoms with Crippen LogP contribution in [0.25, 0.3) is 32.9 Å². The summed E-state index contributed by atoms with van der Waals surface area (Å²) in [6.45, 7) is 3.48. The normalized spacial score (nSPS) is 26.8. The molecule has 2 N–H and O–H groups in total. The van der Waals surface area contributed by atoms with E-state index in [9.17, 15) is 5.11 Å². The second kappa shape index (κ2) is 11.2. The average Bonchev–Trinajstić information content (AvgIpc) is 3.80. The van der Waals surface area contributed by atoms with E-state index < -0.39 is 5.82 Å². The highest BCUT2D eigenvalue weighted by Gasteiger charge is 2.57. The lowest BCUT2D eigenvalue weighted by molar-refractivity contribution is 0.0772. The summed E-state index contributed by atoms with van der Waals surface area (Å²) in [5, 5.41) is 16.2. The molecule has 252 valence electrons. The molecule has 2 bridgehead atoms. The maximum atomic E-state index is 17.0. The van der Waals surface area contributed by atoms with Crippen molar-refractivity contribution < 1.29 is 19.0 Å². The zero-order chi connectivity index (χ0) is 33.6. The van der Waals surface area contributed by atoms with E-state index in [1.54, 1.807) is 24.5 Å². The highest BCUT2D eigenvalue weighted by atomic mass is 19.1. The number of phenols is 1. The van der Waals surface area contributed by atoms with E-state index in [4.69, 9.17) is 25.9 Å². The molecule has 5 aliphatic heterocycles. The molecule has 0 radical (unpaired) electrons. The number of hydrogen-bond acceptors (Lipinski definition) is 10. The van der Waals surface area contributed by atoms with Crippen molar-refractivity contribution in [3.8, 4) is 41.2 Å². The van der Waals surface area contributed by atoms with Crippen LogP contribution in [0.1, 0.15) is 49.3 Å². The second-order valence-electron chi connectivity index (χ2n) is 14.5. The van der Waals surface area contributed by atoms with Crippen molar-refractivity contribution in [2.75, 3.05) is 37.7 Å². The number of aromatic hydroxyl groups is 1. The summed E-state index contributed by atoms with van der Waals surface area (Å²) >= 11 is 0. The maximum absolute atomic E-state index is 17.0. The van der Waals surface area contributed by atoms with Crippen molar-refractivity contribution in [2.45, 2.75) is 55.8 Å². The van der Waals surface area contributed by atoms with Gasteiger partial charge in [-0.15, -0.1) is 6.42 Å². The van der Waals surface area contributed by atoms with Crippen LogP contribution in [0.3, 0.4) is 0 Å². The number of hydrogen-bond donors (Lipinski definition) is 2. The first-order valence-corrected chi connectivity index (χ1v) is 17.6. The largest absolute Gasteiger partial charge is 0.508 e. The first-order chi connectivity index (χ1) is 24.5. The molecular weight excluding hydrogens is 633 g/mol. The third-order valence-electron chi connectivity index (χ3n) is 11.6. The zero-order valence-electron chi connectivity index (χ0n) is 27.5. The van der Waals surface area contributed by atoms with Crippen molar-refractivity contribution in [2.24, 2.45) is 5.92 Å². The first-order valence-electron chi connectivity index (χ1n) is 17.6. The van der Waals surface area contributed by atoms with Gasteiger partial charge >= 0.3 is 6.01 Å². The van der Waals surface area contributed by atoms with Gasteiger partial charge in [0.15, 0.2) is 5.82 Å². The topological polar surface area (TPSA) is 109 Å². The summed E-state index contributed by atoms with van der Waals surface area (Å²) in [7, 11) is 0. The standard InChI is InChI=1S/C39H36FN7O3/c1-2-22-6-3-7-23-14-27(48)15-29(31(22)23)33-32(40)34-30(17-42-33)36(46-18-25-9-10-26(19-46)43-25)45-38(44-34)50-21-39-11-5-13-47(39)35-24(16-39)20-49-37-28(35)8-4-12-41-37/h1,3-4,6-8,12,14-15,17,24-26,35,43,48H,5,9-11,13,16,18-21H2/t24?,25?,26?,35?,39-/m0/s1. The minimum atomic E-state index is -0.610. The number of anilines is 1. The fraction of sp³-hybridized carbons (Fsp3) is 0.385. The number of rotatable bonds is 5. The summed E-state index contributed by atoms with van der Waals surface area (Å²) in [5.74, 6) is 3.77. The number of fused-ring (bicyclic) bond motifs is 9. The van der Waals surface area contributed by atoms with Crippen molar-refractivity contribution in [3.63, 3.8) is 0 Å². The van der Waals surface area contributed by atoms with Gasteiger partial charge in [-0.25, -0.2) is 9.37 Å². The van der Waals surface area contributed by atoms with E-state index in [1.165, 1.54) is 6.07 Å². The Hall–Kier alpha value is -5.05. The van der Waals surface area contributed by atoms with Gasteiger partial charge in [0, 0.05) is 71.6 Å². The molecule has 5 aromatic rings. The molecule has 8 heterocycles. The lowest BCUT2D eigenvalue weighted by atomic mass is 9.87. The molecule has 10 rings (SSSR count). The van der Waals surface area contributed by atoms with E-state index in [2.05, 4.69) is 37.1 Å². The third kappa shape index (κ3) is 4.55. The number of pyridine rings is 2. The van der Waals surface area contributed by atoms with E-state index in [-0.39, 0.29) is 34.6 Å². The highest BCUT2D eigenvalue weighted by Crippen LogP contribution is 2.55. The minimum Gasteiger partial charge on any atom is -0.508 e. The number of nitrogens with zero attached hydrogens (tertiary/aromatic N) is 6. The number of nitrogens with one attached hydrogen (secondary N) is 1. The van der Waals surface area contributed by atoms with Crippen LogP contribution in [0.5, 0.6) is 17.6 Å². The zero-order valence-corrected chi connectivity index (χ0v) is 27.5. The van der Waals surface area contributed by atoms with E-state index >= 15 is 4.39 Å². The number of benzene rings is 2. The fourth-order valence-corrected chi connectivity index (χ4v) is 9.59. The van der Waals surface area contributed by atoms with Crippen LogP contribution < -0.4 is 19.7 Å². The lowest BCUT2D eigenvalue weighted by Gasteiger charge is -2.36. The molecule has 0 aliphatic carbocycles. The van der Waals surface area contributed by atoms with Gasteiger partial charge in [-0.2, -0.15) is 9.97 Å². The van der Waals surface area contributed by atoms with Gasteiger partial charge in [0.25, 0.3) is 0 Å². The summed E-state index contributed by atoms with van der Waals surface area (Å²) < 4.78 is 29.7. The van der Waals surface area contributed by atoms with Gasteiger partial charge in [-0.3, -0.25) is 9.88 Å². The van der Waals surface area contributed by atoms with Crippen molar-refractivity contribution in [1.82, 2.24) is 30.2 Å². The number of ether oxygens (including phenoxy) is 2. The Morgan fingerprint density at radius 2 is 2.00 bits per heavy atom. The molecule has 11 heteroatoms. The molecule has 4 saturated heterocycles. The predicted molar refractivity (Wildman–Crippen MR) is 187 cm³/mol. The molecule has 5 atom stereocenters. The molecule has 4 unspecified atom stereocenters. The van der Waals surface area contributed by atoms with Gasteiger partial charge < -0.3 is 24.8 Å². The SMILES string of the molecule is C#Cc1cccc2cc(O)cc(-c3ncc4c(N5CC6CCC(C5)N6)nc(OC[C@@]56CCCN5C5c7cccnc7OCC5C6)nc4c3F)c12. The molecule has 10 nitrogen and oxygen atoms in total. The van der Waals surface area contributed by atoms with Gasteiger partial charge in [0.1, 0.15) is 29.4 Å². The fourth-order valence-electron chi connectivity index (χ4n) is 9.59. The van der Waals surface area contributed by atoms with Crippen LogP contribution in [0, 0.1) is 24.1 Å². The van der Waals surface area contributed by atoms with Gasteiger partial charge in [-0.05, 0) is 68.3 Å². The minimum absolute atomic E-state index is 0.00651. The monoisotopic (exact) mass is 669 g/mol. The Morgan fingerprint density at radius 1 is 1.12 bits per heavy atom. The molecule has 0 saturated carbocycles. The molecular formula is C39H36FN7O3. The number of piperazine rings is 1. The van der Waals surface area contributed by atoms with Crippen molar-refractivity contribution in [3.05, 3.63) is 71.8 Å². The molecule has 50 heavy (non-hydrogen) atoms. The lowest BCUT2D eigenvalue weighted by Crippen LogP contribution is -2.51. The molecule has 5 aliphatic rings. The average molecular weight is 670 g/mol. The summed E-state index contributed by atoms with van der Waals surface area (Å²) in [6, 6.07) is 13.8. The number of aromatic nitrogens is 4. The second-order valence-corrected chi connectivity index (χ2v) is 14.5. The summed E-state index contributed by atoms with van der Waals surface area (Å²) in [6.07, 6.45) is 14.5. The highest BCUT2D eigenvalue weighted by molar-refractivity contribution is 6.02. The Bertz CT molecular complexity index is 2230. The number of terminal acetylenes is 1. The Labute approximate surface area is 288 Å². The van der Waals surface area contributed by atoms with Gasteiger partial charge in [0.2, 0.25) is 5.88 Å². The van der Waals surface area contributed by atoms with Crippen LogP contribution in [-0.2, 0) is 0 Å². The first kappa shape index (κ1) is 29.8. The summed E-state index contributed by atoms with van der Waals surface area (Å²) in [5.41, 5.74) is 2.11. The van der Waals surface area contributed by atoms with E-state index in [0.717, 1.165) is 63.2 Å². The number of phenolic OH excluding ortho intramolecular Hbond substituents is 1. The summed E-state index contributed by atoms with van der Waals surface area (Å²) in [4.78, 5) is 23.7. The smallest absolute Gasteiger partial charge is 0.319 e. The van der Waals surface area contributed by atoms with Crippen LogP contribution in [0.4, 0.5) is 10.2 Å². The number of halogens is 1. The quantitative estimate of drug-likeness (QED) is 0.237. The molecule has 3 aromatic heterocycles. The van der Waals surface area contributed by atoms with Crippen LogP contribution >= 0.6 is 0 Å². The van der Waals surface area contributed by atoms with E-state index in [1.807, 2.05) is 18.2 Å². The predicted octanol–water partition coefficient (Wildman–Crippen LogP) is 5.37.